The lowest BCUT2D eigenvalue weighted by atomic mass is 10.2. The minimum Gasteiger partial charge on any atom is -0.246 e. The molecule has 0 atom stereocenters. The van der Waals surface area contributed by atoms with Crippen LogP contribution < -0.4 is 0 Å². The van der Waals surface area contributed by atoms with Crippen LogP contribution in [-0.2, 0) is 6.42 Å². The van der Waals surface area contributed by atoms with Gasteiger partial charge in [-0.2, -0.15) is 0 Å². The lowest BCUT2D eigenvalue weighted by molar-refractivity contribution is 1.01. The van der Waals surface area contributed by atoms with E-state index in [0.29, 0.717) is 0 Å². The zero-order valence-corrected chi connectivity index (χ0v) is 7.77. The summed E-state index contributed by atoms with van der Waals surface area (Å²) in [5, 5.41) is 0. The van der Waals surface area contributed by atoms with Gasteiger partial charge < -0.3 is 0 Å². The van der Waals surface area contributed by atoms with Gasteiger partial charge in [-0.05, 0) is 47.0 Å². The topological polar surface area (TPSA) is 12.9 Å². The highest BCUT2D eigenvalue weighted by atomic mass is 79.9. The highest BCUT2D eigenvalue weighted by molar-refractivity contribution is 9.10. The lowest BCUT2D eigenvalue weighted by Crippen LogP contribution is -1.87. The Bertz CT molecular complexity index is 212. The van der Waals surface area contributed by atoms with E-state index < -0.39 is 0 Å². The zero-order valence-electron chi connectivity index (χ0n) is 6.19. The van der Waals surface area contributed by atoms with E-state index in [0.717, 1.165) is 16.7 Å². The Morgan fingerprint density at radius 1 is 1.50 bits per heavy atom. The standard InChI is InChI=1S/C8H10BrN/c1-3-7-4-6(2)5-8(9)10-7/h4-5H,3H2,1-2H3. The van der Waals surface area contributed by atoms with Crippen LogP contribution in [0.25, 0.3) is 0 Å². The van der Waals surface area contributed by atoms with Crippen LogP contribution in [0.1, 0.15) is 18.2 Å². The third-order valence-electron chi connectivity index (χ3n) is 1.35. The molecule has 0 unspecified atom stereocenters. The van der Waals surface area contributed by atoms with E-state index in [-0.39, 0.29) is 0 Å². The summed E-state index contributed by atoms with van der Waals surface area (Å²) in [5.74, 6) is 0. The molecule has 0 saturated carbocycles. The minimum absolute atomic E-state index is 0.935. The summed E-state index contributed by atoms with van der Waals surface area (Å²) < 4.78 is 0.935. The van der Waals surface area contributed by atoms with Crippen LogP contribution in [0.4, 0.5) is 0 Å². The highest BCUT2D eigenvalue weighted by Gasteiger charge is 1.93. The van der Waals surface area contributed by atoms with Crippen LogP contribution in [0.2, 0.25) is 0 Å². The number of aromatic nitrogens is 1. The van der Waals surface area contributed by atoms with Gasteiger partial charge >= 0.3 is 0 Å². The Balaban J connectivity index is 3.06. The molecule has 0 aliphatic rings. The summed E-state index contributed by atoms with van der Waals surface area (Å²) in [5.41, 5.74) is 2.41. The number of aryl methyl sites for hydroxylation is 2. The number of halogens is 1. The molecule has 54 valence electrons. The second-order valence-corrected chi connectivity index (χ2v) is 3.12. The van der Waals surface area contributed by atoms with Gasteiger partial charge in [0.15, 0.2) is 0 Å². The summed E-state index contributed by atoms with van der Waals surface area (Å²) >= 11 is 3.34. The molecule has 1 heterocycles. The molecular weight excluding hydrogens is 190 g/mol. The molecule has 0 amide bonds. The molecule has 10 heavy (non-hydrogen) atoms. The van der Waals surface area contributed by atoms with Gasteiger partial charge in [0.2, 0.25) is 0 Å². The molecule has 0 aliphatic carbocycles. The number of rotatable bonds is 1. The predicted octanol–water partition coefficient (Wildman–Crippen LogP) is 2.71. The van der Waals surface area contributed by atoms with Crippen molar-refractivity contribution in [1.29, 1.82) is 0 Å². The smallest absolute Gasteiger partial charge is 0.106 e. The molecule has 0 aromatic carbocycles. The molecule has 0 bridgehead atoms. The SMILES string of the molecule is CCc1cc(C)cc(Br)n1. The second kappa shape index (κ2) is 3.15. The molecule has 0 N–H and O–H groups in total. The first-order chi connectivity index (χ1) is 4.72. The van der Waals surface area contributed by atoms with Gasteiger partial charge in [0.05, 0.1) is 0 Å². The van der Waals surface area contributed by atoms with Gasteiger partial charge in [0.25, 0.3) is 0 Å². The van der Waals surface area contributed by atoms with E-state index >= 15 is 0 Å². The van der Waals surface area contributed by atoms with Crippen molar-refractivity contribution in [2.24, 2.45) is 0 Å². The van der Waals surface area contributed by atoms with E-state index in [4.69, 9.17) is 0 Å². The van der Waals surface area contributed by atoms with Crippen molar-refractivity contribution in [3.63, 3.8) is 0 Å². The molecular formula is C8H10BrN. The molecule has 0 radical (unpaired) electrons. The van der Waals surface area contributed by atoms with Crippen LogP contribution in [0.15, 0.2) is 16.7 Å². The zero-order chi connectivity index (χ0) is 7.56. The maximum Gasteiger partial charge on any atom is 0.106 e. The van der Waals surface area contributed by atoms with Crippen LogP contribution in [-0.4, -0.2) is 4.98 Å². The molecule has 0 fully saturated rings. The maximum atomic E-state index is 4.27. The Labute approximate surface area is 69.6 Å². The summed E-state index contributed by atoms with van der Waals surface area (Å²) in [7, 11) is 0. The van der Waals surface area contributed by atoms with Crippen LogP contribution >= 0.6 is 15.9 Å². The quantitative estimate of drug-likeness (QED) is 0.635. The van der Waals surface area contributed by atoms with Crippen LogP contribution in [0, 0.1) is 6.92 Å². The van der Waals surface area contributed by atoms with Gasteiger partial charge in [-0.1, -0.05) is 6.92 Å². The van der Waals surface area contributed by atoms with E-state index in [1.54, 1.807) is 0 Å². The Hall–Kier alpha value is -0.370. The number of nitrogens with zero attached hydrogens (tertiary/aromatic N) is 1. The van der Waals surface area contributed by atoms with Crippen molar-refractivity contribution >= 4 is 15.9 Å². The molecule has 1 nitrogen and oxygen atoms in total. The van der Waals surface area contributed by atoms with Gasteiger partial charge in [0, 0.05) is 5.69 Å². The maximum absolute atomic E-state index is 4.27. The van der Waals surface area contributed by atoms with Crippen LogP contribution in [0.3, 0.4) is 0 Å². The van der Waals surface area contributed by atoms with Gasteiger partial charge in [-0.25, -0.2) is 4.98 Å². The third kappa shape index (κ3) is 1.81. The van der Waals surface area contributed by atoms with E-state index in [1.165, 1.54) is 5.56 Å². The largest absolute Gasteiger partial charge is 0.246 e. The molecule has 0 saturated heterocycles. The fourth-order valence-electron chi connectivity index (χ4n) is 0.875. The van der Waals surface area contributed by atoms with Crippen molar-refractivity contribution < 1.29 is 0 Å². The first kappa shape index (κ1) is 7.73. The first-order valence-electron chi connectivity index (χ1n) is 3.35. The lowest BCUT2D eigenvalue weighted by Gasteiger charge is -1.98. The fraction of sp³-hybridized carbons (Fsp3) is 0.375. The fourth-order valence-corrected chi connectivity index (χ4v) is 1.46. The number of hydrogen-bond acceptors (Lipinski definition) is 1. The van der Waals surface area contributed by atoms with Gasteiger partial charge in [-0.3, -0.25) is 0 Å². The summed E-state index contributed by atoms with van der Waals surface area (Å²) in [4.78, 5) is 4.27. The van der Waals surface area contributed by atoms with Crippen molar-refractivity contribution in [2.75, 3.05) is 0 Å². The molecule has 2 heteroatoms. The molecule has 1 aromatic heterocycles. The Morgan fingerprint density at radius 2 is 2.20 bits per heavy atom. The van der Waals surface area contributed by atoms with E-state index in [2.05, 4.69) is 40.8 Å². The summed E-state index contributed by atoms with van der Waals surface area (Å²) in [6, 6.07) is 4.12. The molecule has 1 aromatic rings. The summed E-state index contributed by atoms with van der Waals surface area (Å²) in [6.07, 6.45) is 1.00. The van der Waals surface area contributed by atoms with Crippen molar-refractivity contribution in [2.45, 2.75) is 20.3 Å². The van der Waals surface area contributed by atoms with Gasteiger partial charge in [-0.15, -0.1) is 0 Å². The molecule has 0 spiro atoms. The van der Waals surface area contributed by atoms with Crippen LogP contribution in [0.5, 0.6) is 0 Å². The van der Waals surface area contributed by atoms with Crippen molar-refractivity contribution in [3.05, 3.63) is 28.0 Å². The van der Waals surface area contributed by atoms with Crippen molar-refractivity contribution in [3.8, 4) is 0 Å². The van der Waals surface area contributed by atoms with E-state index in [1.807, 2.05) is 6.07 Å². The van der Waals surface area contributed by atoms with Gasteiger partial charge in [0.1, 0.15) is 4.60 Å². The number of hydrogen-bond donors (Lipinski definition) is 0. The Morgan fingerprint density at radius 3 is 2.70 bits per heavy atom. The average molecular weight is 200 g/mol. The monoisotopic (exact) mass is 199 g/mol. The second-order valence-electron chi connectivity index (χ2n) is 2.31. The van der Waals surface area contributed by atoms with E-state index in [9.17, 15) is 0 Å². The number of pyridine rings is 1. The normalized spacial score (nSPS) is 9.90. The predicted molar refractivity (Wildman–Crippen MR) is 46.1 cm³/mol. The van der Waals surface area contributed by atoms with Crippen molar-refractivity contribution in [1.82, 2.24) is 4.98 Å². The average Bonchev–Trinajstić information content (AvgIpc) is 1.85. The minimum atomic E-state index is 0.935. The third-order valence-corrected chi connectivity index (χ3v) is 1.76. The molecule has 1 rings (SSSR count). The highest BCUT2D eigenvalue weighted by Crippen LogP contribution is 2.10. The first-order valence-corrected chi connectivity index (χ1v) is 4.14. The Kier molecular flexibility index (Phi) is 2.44. The summed E-state index contributed by atoms with van der Waals surface area (Å²) in [6.45, 7) is 4.18. The molecule has 0 aliphatic heterocycles.